The Morgan fingerprint density at radius 3 is 2.54 bits per heavy atom. The maximum atomic E-state index is 12.5. The van der Waals surface area contributed by atoms with Crippen molar-refractivity contribution < 1.29 is 22.7 Å². The molecule has 0 spiro atoms. The van der Waals surface area contributed by atoms with E-state index in [0.717, 1.165) is 12.1 Å². The summed E-state index contributed by atoms with van der Waals surface area (Å²) in [6.45, 7) is 4.06. The van der Waals surface area contributed by atoms with Gasteiger partial charge < -0.3 is 16.2 Å². The first-order chi connectivity index (χ1) is 12.1. The van der Waals surface area contributed by atoms with Crippen LogP contribution >= 0.6 is 11.6 Å². The van der Waals surface area contributed by atoms with Gasteiger partial charge in [0, 0.05) is 12.5 Å². The lowest BCUT2D eigenvalue weighted by Gasteiger charge is -2.11. The van der Waals surface area contributed by atoms with Crippen LogP contribution in [0.5, 0.6) is 5.75 Å². The molecule has 0 aromatic heterocycles. The summed E-state index contributed by atoms with van der Waals surface area (Å²) >= 11 is 5.78. The Bertz CT molecular complexity index is 651. The zero-order valence-corrected chi connectivity index (χ0v) is 15.1. The summed E-state index contributed by atoms with van der Waals surface area (Å²) < 4.78 is 42.9. The van der Waals surface area contributed by atoms with Crippen LogP contribution in [-0.2, 0) is 11.0 Å². The molecule has 11 heteroatoms. The third-order valence-electron chi connectivity index (χ3n) is 2.71. The number of alkyl halides is 3. The van der Waals surface area contributed by atoms with Gasteiger partial charge in [-0.05, 0) is 32.0 Å². The molecule has 0 aliphatic heterocycles. The number of nitrogens with one attached hydrogen (secondary N) is 1. The Labute approximate surface area is 154 Å². The Hall–Kier alpha value is -2.20. The second-order valence-corrected chi connectivity index (χ2v) is 5.78. The van der Waals surface area contributed by atoms with E-state index in [4.69, 9.17) is 32.6 Å². The van der Waals surface area contributed by atoms with Gasteiger partial charge in [0.15, 0.2) is 0 Å². The van der Waals surface area contributed by atoms with E-state index in [-0.39, 0.29) is 41.9 Å². The topological polar surface area (TPSA) is 107 Å². The van der Waals surface area contributed by atoms with E-state index in [1.165, 1.54) is 6.07 Å². The number of nitrogens with zero attached hydrogens (tertiary/aromatic N) is 2. The molecular formula is C15H21ClF3N5O2. The zero-order valence-electron chi connectivity index (χ0n) is 14.3. The Balaban J connectivity index is 2.32. The molecule has 1 aromatic rings. The Morgan fingerprint density at radius 1 is 1.27 bits per heavy atom. The van der Waals surface area contributed by atoms with Crippen LogP contribution in [0.25, 0.3) is 0 Å². The minimum Gasteiger partial charge on any atom is -0.492 e. The van der Waals surface area contributed by atoms with Crippen molar-refractivity contribution in [3.05, 3.63) is 28.8 Å². The standard InChI is InChI=1S/C15H21ClF3N5O2/c1-9(2)22-13(20)23-14(21)24-26-7-3-6-25-12-5-4-10(8-11(12)16)15(17,18)19/h4-5,8-9H,3,6-7H2,1-2H3,(H5,20,21,22,23,24). The molecule has 0 atom stereocenters. The number of halogens is 4. The molecule has 0 radical (unpaired) electrons. The summed E-state index contributed by atoms with van der Waals surface area (Å²) in [5.41, 5.74) is 12.6. The number of benzene rings is 1. The van der Waals surface area contributed by atoms with Crippen molar-refractivity contribution >= 4 is 23.5 Å². The van der Waals surface area contributed by atoms with Crippen molar-refractivity contribution in [1.82, 2.24) is 5.48 Å². The SMILES string of the molecule is CC(C)N=C(N)N=C(N)NOCCCOc1ccc(C(F)(F)F)cc1Cl. The summed E-state index contributed by atoms with van der Waals surface area (Å²) in [4.78, 5) is 12.8. The number of guanidine groups is 2. The molecule has 0 aliphatic rings. The second kappa shape index (κ2) is 10.1. The van der Waals surface area contributed by atoms with E-state index in [1.807, 2.05) is 13.8 Å². The molecule has 0 amide bonds. The summed E-state index contributed by atoms with van der Waals surface area (Å²) in [6.07, 6.45) is -4.03. The number of hydrogen-bond acceptors (Lipinski definition) is 3. The molecule has 0 aliphatic carbocycles. The fourth-order valence-electron chi connectivity index (χ4n) is 1.67. The number of aliphatic imine (C=N–C) groups is 2. The average molecular weight is 396 g/mol. The van der Waals surface area contributed by atoms with E-state index in [2.05, 4.69) is 15.5 Å². The summed E-state index contributed by atoms with van der Waals surface area (Å²) in [7, 11) is 0. The van der Waals surface area contributed by atoms with Gasteiger partial charge in [0.1, 0.15) is 5.75 Å². The lowest BCUT2D eigenvalue weighted by atomic mass is 10.2. The summed E-state index contributed by atoms with van der Waals surface area (Å²) in [5.74, 6) is 0.124. The van der Waals surface area contributed by atoms with E-state index < -0.39 is 11.7 Å². The van der Waals surface area contributed by atoms with Gasteiger partial charge in [-0.2, -0.15) is 18.2 Å². The maximum Gasteiger partial charge on any atom is 0.416 e. The quantitative estimate of drug-likeness (QED) is 0.285. The lowest BCUT2D eigenvalue weighted by molar-refractivity contribution is -0.137. The molecule has 1 rings (SSSR count). The number of hydroxylamine groups is 1. The number of ether oxygens (including phenoxy) is 1. The molecular weight excluding hydrogens is 375 g/mol. The summed E-state index contributed by atoms with van der Waals surface area (Å²) in [6, 6.07) is 2.88. The molecule has 0 heterocycles. The molecule has 0 saturated heterocycles. The molecule has 1 aromatic carbocycles. The van der Waals surface area contributed by atoms with Gasteiger partial charge in [-0.3, -0.25) is 4.84 Å². The van der Waals surface area contributed by atoms with Gasteiger partial charge in [-0.1, -0.05) is 11.6 Å². The van der Waals surface area contributed by atoms with Gasteiger partial charge in [0.2, 0.25) is 11.9 Å². The van der Waals surface area contributed by atoms with Crippen LogP contribution in [0.2, 0.25) is 5.02 Å². The molecule has 0 fully saturated rings. The van der Waals surface area contributed by atoms with Crippen LogP contribution in [0.1, 0.15) is 25.8 Å². The third kappa shape index (κ3) is 8.26. The van der Waals surface area contributed by atoms with Crippen LogP contribution in [0.15, 0.2) is 28.2 Å². The second-order valence-electron chi connectivity index (χ2n) is 5.37. The van der Waals surface area contributed by atoms with Crippen molar-refractivity contribution in [3.63, 3.8) is 0 Å². The van der Waals surface area contributed by atoms with Crippen LogP contribution in [0.3, 0.4) is 0 Å². The fraction of sp³-hybridized carbons (Fsp3) is 0.467. The van der Waals surface area contributed by atoms with E-state index in [0.29, 0.717) is 6.42 Å². The van der Waals surface area contributed by atoms with Crippen molar-refractivity contribution in [2.45, 2.75) is 32.5 Å². The average Bonchev–Trinajstić information content (AvgIpc) is 2.49. The molecule has 5 N–H and O–H groups in total. The molecule has 7 nitrogen and oxygen atoms in total. The van der Waals surface area contributed by atoms with Crippen molar-refractivity contribution in [1.29, 1.82) is 0 Å². The molecule has 26 heavy (non-hydrogen) atoms. The van der Waals surface area contributed by atoms with Crippen LogP contribution in [0, 0.1) is 0 Å². The van der Waals surface area contributed by atoms with Crippen molar-refractivity contribution in [2.75, 3.05) is 13.2 Å². The minimum atomic E-state index is -4.45. The first kappa shape index (κ1) is 21.8. The van der Waals surface area contributed by atoms with Gasteiger partial charge in [-0.15, -0.1) is 0 Å². The van der Waals surface area contributed by atoms with E-state index in [9.17, 15) is 13.2 Å². The molecule has 0 unspecified atom stereocenters. The highest BCUT2D eigenvalue weighted by molar-refractivity contribution is 6.32. The number of rotatable bonds is 7. The Morgan fingerprint density at radius 2 is 1.96 bits per heavy atom. The minimum absolute atomic E-state index is 0.0124. The highest BCUT2D eigenvalue weighted by Crippen LogP contribution is 2.34. The summed E-state index contributed by atoms with van der Waals surface area (Å²) in [5, 5.41) is -0.116. The van der Waals surface area contributed by atoms with Crippen LogP contribution in [0.4, 0.5) is 13.2 Å². The van der Waals surface area contributed by atoms with Crippen molar-refractivity contribution in [3.8, 4) is 5.75 Å². The highest BCUT2D eigenvalue weighted by Gasteiger charge is 2.31. The highest BCUT2D eigenvalue weighted by atomic mass is 35.5. The molecule has 0 saturated carbocycles. The van der Waals surface area contributed by atoms with Crippen LogP contribution in [-0.4, -0.2) is 31.2 Å². The normalized spacial score (nSPS) is 13.2. The van der Waals surface area contributed by atoms with Gasteiger partial charge in [-0.25, -0.2) is 10.5 Å². The van der Waals surface area contributed by atoms with Crippen LogP contribution < -0.4 is 21.7 Å². The first-order valence-electron chi connectivity index (χ1n) is 7.64. The third-order valence-corrected chi connectivity index (χ3v) is 3.01. The van der Waals surface area contributed by atoms with E-state index in [1.54, 1.807) is 0 Å². The van der Waals surface area contributed by atoms with Crippen molar-refractivity contribution in [2.24, 2.45) is 21.5 Å². The maximum absolute atomic E-state index is 12.5. The predicted molar refractivity (Wildman–Crippen MR) is 94.0 cm³/mol. The smallest absolute Gasteiger partial charge is 0.416 e. The fourth-order valence-corrected chi connectivity index (χ4v) is 1.91. The lowest BCUT2D eigenvalue weighted by Crippen LogP contribution is -2.34. The molecule has 0 bridgehead atoms. The van der Waals surface area contributed by atoms with E-state index >= 15 is 0 Å². The zero-order chi connectivity index (χ0) is 19.7. The monoisotopic (exact) mass is 395 g/mol. The number of hydrogen-bond donors (Lipinski definition) is 3. The predicted octanol–water partition coefficient (Wildman–Crippen LogP) is 2.69. The van der Waals surface area contributed by atoms with Gasteiger partial charge in [0.25, 0.3) is 0 Å². The van der Waals surface area contributed by atoms with Gasteiger partial charge >= 0.3 is 6.18 Å². The largest absolute Gasteiger partial charge is 0.492 e. The molecule has 146 valence electrons. The number of nitrogens with two attached hydrogens (primary N) is 2. The first-order valence-corrected chi connectivity index (χ1v) is 8.02. The Kier molecular flexibility index (Phi) is 8.46. The van der Waals surface area contributed by atoms with Gasteiger partial charge in [0.05, 0.1) is 23.8 Å².